The molecule has 0 spiro atoms. The van der Waals surface area contributed by atoms with Crippen LogP contribution in [0.4, 0.5) is 5.69 Å². The maximum atomic E-state index is 12.6. The highest BCUT2D eigenvalue weighted by Crippen LogP contribution is 2.29. The first-order chi connectivity index (χ1) is 10.1. The second kappa shape index (κ2) is 5.14. The molecule has 0 aromatic heterocycles. The van der Waals surface area contributed by atoms with Crippen molar-refractivity contribution in [2.24, 2.45) is 5.10 Å². The fourth-order valence-electron chi connectivity index (χ4n) is 2.45. The second-order valence-corrected chi connectivity index (χ2v) is 5.16. The van der Waals surface area contributed by atoms with Crippen LogP contribution in [0.15, 0.2) is 65.8 Å². The molecule has 4 nitrogen and oxygen atoms in total. The van der Waals surface area contributed by atoms with Gasteiger partial charge in [0.2, 0.25) is 0 Å². The van der Waals surface area contributed by atoms with E-state index >= 15 is 0 Å². The minimum Gasteiger partial charge on any atom is -0.374 e. The summed E-state index contributed by atoms with van der Waals surface area (Å²) >= 11 is 0. The van der Waals surface area contributed by atoms with Crippen LogP contribution < -0.4 is 5.01 Å². The number of amides is 1. The van der Waals surface area contributed by atoms with Crippen LogP contribution >= 0.6 is 0 Å². The summed E-state index contributed by atoms with van der Waals surface area (Å²) in [6.07, 6.45) is 0.228. The summed E-state index contributed by atoms with van der Waals surface area (Å²) in [6, 6.07) is 18.6. The van der Waals surface area contributed by atoms with Gasteiger partial charge in [-0.05, 0) is 24.6 Å². The Balaban J connectivity index is 1.91. The lowest BCUT2D eigenvalue weighted by atomic mass is 9.90. The number of benzene rings is 2. The Labute approximate surface area is 123 Å². The van der Waals surface area contributed by atoms with Gasteiger partial charge in [-0.15, -0.1) is 0 Å². The molecule has 1 aliphatic heterocycles. The summed E-state index contributed by atoms with van der Waals surface area (Å²) < 4.78 is 0. The number of aliphatic hydroxyl groups is 1. The van der Waals surface area contributed by atoms with Crippen molar-refractivity contribution >= 4 is 17.3 Å². The number of anilines is 1. The van der Waals surface area contributed by atoms with Gasteiger partial charge in [0.1, 0.15) is 0 Å². The largest absolute Gasteiger partial charge is 0.374 e. The van der Waals surface area contributed by atoms with Gasteiger partial charge in [0.25, 0.3) is 5.91 Å². The van der Waals surface area contributed by atoms with Crippen LogP contribution in [0.1, 0.15) is 12.5 Å². The predicted molar refractivity (Wildman–Crippen MR) is 82.1 cm³/mol. The fourth-order valence-corrected chi connectivity index (χ4v) is 2.45. The summed E-state index contributed by atoms with van der Waals surface area (Å²) in [7, 11) is 0. The van der Waals surface area contributed by atoms with E-state index in [0.29, 0.717) is 11.4 Å². The average Bonchev–Trinajstić information content (AvgIpc) is 2.73. The van der Waals surface area contributed by atoms with E-state index in [1.807, 2.05) is 48.5 Å². The summed E-state index contributed by atoms with van der Waals surface area (Å²) in [4.78, 5) is 12.6. The molecule has 0 aliphatic carbocycles. The van der Waals surface area contributed by atoms with Crippen molar-refractivity contribution in [3.63, 3.8) is 0 Å². The molecular formula is C17H16N2O2. The normalized spacial score (nSPS) is 21.5. The minimum atomic E-state index is -1.57. The van der Waals surface area contributed by atoms with E-state index in [9.17, 15) is 9.90 Å². The molecule has 3 rings (SSSR count). The lowest BCUT2D eigenvalue weighted by molar-refractivity contribution is -0.129. The smallest absolute Gasteiger partial charge is 0.285 e. The molecule has 0 fully saturated rings. The van der Waals surface area contributed by atoms with Crippen molar-refractivity contribution in [3.05, 3.63) is 66.2 Å². The number of nitrogens with zero attached hydrogens (tertiary/aromatic N) is 2. The first-order valence-corrected chi connectivity index (χ1v) is 6.83. The van der Waals surface area contributed by atoms with Gasteiger partial charge in [-0.25, -0.2) is 0 Å². The van der Waals surface area contributed by atoms with E-state index in [0.717, 1.165) is 5.56 Å². The average molecular weight is 280 g/mol. The molecule has 4 heteroatoms. The first kappa shape index (κ1) is 13.5. The monoisotopic (exact) mass is 280 g/mol. The molecule has 0 radical (unpaired) electrons. The third kappa shape index (κ3) is 2.34. The van der Waals surface area contributed by atoms with Gasteiger partial charge in [-0.3, -0.25) is 4.79 Å². The van der Waals surface area contributed by atoms with Gasteiger partial charge in [0, 0.05) is 6.42 Å². The highest BCUT2D eigenvalue weighted by atomic mass is 16.3. The number of carbonyl (C=O) groups is 1. The van der Waals surface area contributed by atoms with E-state index in [-0.39, 0.29) is 6.42 Å². The van der Waals surface area contributed by atoms with Gasteiger partial charge in [0.05, 0.1) is 11.4 Å². The Hall–Kier alpha value is -2.46. The number of hydrazone groups is 1. The molecule has 0 saturated heterocycles. The van der Waals surface area contributed by atoms with Crippen LogP contribution in [0.25, 0.3) is 0 Å². The molecule has 0 bridgehead atoms. The number of hydrogen-bond acceptors (Lipinski definition) is 3. The predicted octanol–water partition coefficient (Wildman–Crippen LogP) is 2.38. The number of para-hydroxylation sites is 1. The molecule has 2 aromatic rings. The van der Waals surface area contributed by atoms with Crippen LogP contribution in [0.5, 0.6) is 0 Å². The Morgan fingerprint density at radius 3 is 2.24 bits per heavy atom. The summed E-state index contributed by atoms with van der Waals surface area (Å²) in [5.74, 6) is -0.407. The molecule has 1 unspecified atom stereocenters. The lowest BCUT2D eigenvalue weighted by Crippen LogP contribution is -2.47. The zero-order chi connectivity index (χ0) is 14.9. The highest BCUT2D eigenvalue weighted by molar-refractivity contribution is 6.21. The van der Waals surface area contributed by atoms with Crippen LogP contribution in [0, 0.1) is 0 Å². The molecule has 1 aliphatic rings. The van der Waals surface area contributed by atoms with Crippen molar-refractivity contribution in [3.8, 4) is 0 Å². The fraction of sp³-hybridized carbons (Fsp3) is 0.176. The number of carbonyl (C=O) groups excluding carboxylic acids is 1. The van der Waals surface area contributed by atoms with E-state index in [4.69, 9.17) is 0 Å². The molecule has 2 aromatic carbocycles. The van der Waals surface area contributed by atoms with Crippen molar-refractivity contribution in [2.75, 3.05) is 5.01 Å². The Morgan fingerprint density at radius 2 is 1.62 bits per heavy atom. The zero-order valence-corrected chi connectivity index (χ0v) is 11.7. The highest BCUT2D eigenvalue weighted by Gasteiger charge is 2.48. The third-order valence-corrected chi connectivity index (χ3v) is 3.70. The van der Waals surface area contributed by atoms with Crippen LogP contribution in [0.3, 0.4) is 0 Å². The summed E-state index contributed by atoms with van der Waals surface area (Å²) in [6.45, 7) is 1.68. The maximum Gasteiger partial charge on any atom is 0.285 e. The summed E-state index contributed by atoms with van der Waals surface area (Å²) in [5.41, 5.74) is 0.404. The molecule has 106 valence electrons. The SMILES string of the molecule is CC1=NN(c2ccccc2)C(=O)C1(O)Cc1ccccc1. The van der Waals surface area contributed by atoms with E-state index in [1.165, 1.54) is 5.01 Å². The Kier molecular flexibility index (Phi) is 3.31. The molecule has 1 atom stereocenters. The quantitative estimate of drug-likeness (QED) is 0.938. The van der Waals surface area contributed by atoms with Gasteiger partial charge in [-0.2, -0.15) is 10.1 Å². The molecular weight excluding hydrogens is 264 g/mol. The standard InChI is InChI=1S/C17H16N2O2/c1-13-17(21,12-14-8-4-2-5-9-14)16(20)19(18-13)15-10-6-3-7-11-15/h2-11,21H,12H2,1H3. The van der Waals surface area contributed by atoms with Crippen molar-refractivity contribution < 1.29 is 9.90 Å². The third-order valence-electron chi connectivity index (χ3n) is 3.70. The van der Waals surface area contributed by atoms with Gasteiger partial charge >= 0.3 is 0 Å². The number of hydrogen-bond donors (Lipinski definition) is 1. The van der Waals surface area contributed by atoms with Gasteiger partial charge < -0.3 is 5.11 Å². The van der Waals surface area contributed by atoms with E-state index in [1.54, 1.807) is 19.1 Å². The lowest BCUT2D eigenvalue weighted by Gasteiger charge is -2.22. The van der Waals surface area contributed by atoms with Crippen molar-refractivity contribution in [2.45, 2.75) is 18.9 Å². The molecule has 21 heavy (non-hydrogen) atoms. The Bertz CT molecular complexity index is 682. The van der Waals surface area contributed by atoms with Gasteiger partial charge in [-0.1, -0.05) is 48.5 Å². The zero-order valence-electron chi connectivity index (χ0n) is 11.7. The molecule has 1 amide bonds. The van der Waals surface area contributed by atoms with Crippen LogP contribution in [-0.2, 0) is 11.2 Å². The van der Waals surface area contributed by atoms with Gasteiger partial charge in [0.15, 0.2) is 5.60 Å². The minimum absolute atomic E-state index is 0.228. The van der Waals surface area contributed by atoms with E-state index < -0.39 is 11.5 Å². The Morgan fingerprint density at radius 1 is 1.05 bits per heavy atom. The molecule has 1 heterocycles. The van der Waals surface area contributed by atoms with Crippen molar-refractivity contribution in [1.82, 2.24) is 0 Å². The van der Waals surface area contributed by atoms with Crippen LogP contribution in [0.2, 0.25) is 0 Å². The molecule has 0 saturated carbocycles. The van der Waals surface area contributed by atoms with E-state index in [2.05, 4.69) is 5.10 Å². The topological polar surface area (TPSA) is 52.9 Å². The second-order valence-electron chi connectivity index (χ2n) is 5.16. The van der Waals surface area contributed by atoms with Crippen molar-refractivity contribution in [1.29, 1.82) is 0 Å². The number of rotatable bonds is 3. The van der Waals surface area contributed by atoms with Crippen LogP contribution in [-0.4, -0.2) is 22.3 Å². The first-order valence-electron chi connectivity index (χ1n) is 6.83. The maximum absolute atomic E-state index is 12.6. The summed E-state index contributed by atoms with van der Waals surface area (Å²) in [5, 5.41) is 16.3. The molecule has 1 N–H and O–H groups in total.